The molecule has 1 aliphatic heterocycles. The number of benzene rings is 1. The zero-order valence-corrected chi connectivity index (χ0v) is 12.7. The van der Waals surface area contributed by atoms with Crippen LogP contribution in [0.5, 0.6) is 0 Å². The number of para-hydroxylation sites is 1. The normalized spacial score (nSPS) is 17.6. The molecule has 1 aliphatic rings. The van der Waals surface area contributed by atoms with E-state index >= 15 is 0 Å². The highest BCUT2D eigenvalue weighted by molar-refractivity contribution is 5.41. The van der Waals surface area contributed by atoms with Crippen molar-refractivity contribution in [1.82, 2.24) is 14.5 Å². The number of anilines is 1. The second-order valence-electron chi connectivity index (χ2n) is 5.86. The summed E-state index contributed by atoms with van der Waals surface area (Å²) < 4.78 is 2.10. The van der Waals surface area contributed by atoms with Crippen molar-refractivity contribution in [3.63, 3.8) is 0 Å². The fourth-order valence-electron chi connectivity index (χ4n) is 3.00. The molecule has 21 heavy (non-hydrogen) atoms. The fourth-order valence-corrected chi connectivity index (χ4v) is 3.00. The molecule has 0 radical (unpaired) electrons. The molecule has 1 aromatic heterocycles. The summed E-state index contributed by atoms with van der Waals surface area (Å²) in [6.45, 7) is 5.79. The first-order valence-electron chi connectivity index (χ1n) is 7.90. The number of nitrogens with zero attached hydrogens (tertiary/aromatic N) is 3. The van der Waals surface area contributed by atoms with E-state index in [2.05, 4.69) is 51.0 Å². The Kier molecular flexibility index (Phi) is 4.55. The molecular formula is C17H24N4. The molecular weight excluding hydrogens is 260 g/mol. The van der Waals surface area contributed by atoms with Gasteiger partial charge in [-0.2, -0.15) is 0 Å². The van der Waals surface area contributed by atoms with Gasteiger partial charge in [0.2, 0.25) is 5.95 Å². The van der Waals surface area contributed by atoms with Gasteiger partial charge in [0, 0.05) is 30.7 Å². The van der Waals surface area contributed by atoms with Crippen LogP contribution in [0.15, 0.2) is 42.7 Å². The Labute approximate surface area is 126 Å². The number of likely N-dealkylation sites (tertiary alicyclic amines) is 1. The van der Waals surface area contributed by atoms with Gasteiger partial charge < -0.3 is 10.2 Å². The van der Waals surface area contributed by atoms with Gasteiger partial charge >= 0.3 is 0 Å². The Hall–Kier alpha value is -1.81. The topological polar surface area (TPSA) is 33.1 Å². The lowest BCUT2D eigenvalue weighted by atomic mass is 10.1. The maximum absolute atomic E-state index is 4.46. The molecule has 1 aromatic carbocycles. The number of aromatic nitrogens is 2. The minimum Gasteiger partial charge on any atom is -0.352 e. The number of imidazole rings is 1. The number of rotatable bonds is 5. The Bertz CT molecular complexity index is 543. The molecule has 1 N–H and O–H groups in total. The summed E-state index contributed by atoms with van der Waals surface area (Å²) in [5, 5.41) is 3.55. The van der Waals surface area contributed by atoms with Gasteiger partial charge in [-0.15, -0.1) is 0 Å². The molecule has 4 heteroatoms. The maximum Gasteiger partial charge on any atom is 0.207 e. The van der Waals surface area contributed by atoms with Gasteiger partial charge in [-0.25, -0.2) is 4.98 Å². The van der Waals surface area contributed by atoms with Gasteiger partial charge in [-0.1, -0.05) is 24.6 Å². The maximum atomic E-state index is 4.46. The lowest BCUT2D eigenvalue weighted by Crippen LogP contribution is -2.38. The largest absolute Gasteiger partial charge is 0.352 e. The third-order valence-electron chi connectivity index (χ3n) is 4.03. The van der Waals surface area contributed by atoms with Crippen molar-refractivity contribution in [3.8, 4) is 5.69 Å². The van der Waals surface area contributed by atoms with Crippen LogP contribution < -0.4 is 5.32 Å². The predicted octanol–water partition coefficient (Wildman–Crippen LogP) is 3.16. The van der Waals surface area contributed by atoms with Crippen molar-refractivity contribution in [2.75, 3.05) is 25.0 Å². The van der Waals surface area contributed by atoms with Crippen molar-refractivity contribution in [2.45, 2.75) is 32.2 Å². The number of hydrogen-bond donors (Lipinski definition) is 1. The summed E-state index contributed by atoms with van der Waals surface area (Å²) in [5.41, 5.74) is 1.14. The summed E-state index contributed by atoms with van der Waals surface area (Å²) in [5.74, 6) is 0.922. The summed E-state index contributed by atoms with van der Waals surface area (Å²) in [6.07, 6.45) is 7.92. The van der Waals surface area contributed by atoms with Gasteiger partial charge in [-0.05, 0) is 45.0 Å². The summed E-state index contributed by atoms with van der Waals surface area (Å²) in [4.78, 5) is 7.01. The minimum atomic E-state index is 0.396. The predicted molar refractivity (Wildman–Crippen MR) is 86.9 cm³/mol. The molecule has 3 rings (SSSR count). The average Bonchev–Trinajstić information content (AvgIpc) is 2.97. The second-order valence-corrected chi connectivity index (χ2v) is 5.86. The monoisotopic (exact) mass is 284 g/mol. The molecule has 2 aromatic rings. The number of piperidine rings is 1. The average molecular weight is 284 g/mol. The van der Waals surface area contributed by atoms with Gasteiger partial charge in [0.25, 0.3) is 0 Å². The smallest absolute Gasteiger partial charge is 0.207 e. The third-order valence-corrected chi connectivity index (χ3v) is 4.03. The summed E-state index contributed by atoms with van der Waals surface area (Å²) in [6, 6.07) is 10.7. The van der Waals surface area contributed by atoms with Crippen molar-refractivity contribution < 1.29 is 0 Å². The van der Waals surface area contributed by atoms with Crippen LogP contribution in [0.25, 0.3) is 5.69 Å². The van der Waals surface area contributed by atoms with Gasteiger partial charge in [0.1, 0.15) is 0 Å². The lowest BCUT2D eigenvalue weighted by molar-refractivity contribution is 0.223. The van der Waals surface area contributed by atoms with E-state index in [1.807, 2.05) is 18.5 Å². The quantitative estimate of drug-likeness (QED) is 0.915. The van der Waals surface area contributed by atoms with Gasteiger partial charge in [0.15, 0.2) is 0 Å². The second kappa shape index (κ2) is 6.76. The van der Waals surface area contributed by atoms with E-state index < -0.39 is 0 Å². The molecule has 0 amide bonds. The Balaban J connectivity index is 1.64. The van der Waals surface area contributed by atoms with Crippen molar-refractivity contribution >= 4 is 5.95 Å². The van der Waals surface area contributed by atoms with Crippen LogP contribution in [0.4, 0.5) is 5.95 Å². The number of nitrogens with one attached hydrogen (secondary N) is 1. The Morgan fingerprint density at radius 2 is 1.90 bits per heavy atom. The van der Waals surface area contributed by atoms with Crippen LogP contribution in [0, 0.1) is 0 Å². The van der Waals surface area contributed by atoms with Crippen LogP contribution >= 0.6 is 0 Å². The Morgan fingerprint density at radius 1 is 1.14 bits per heavy atom. The first-order valence-corrected chi connectivity index (χ1v) is 7.90. The minimum absolute atomic E-state index is 0.396. The van der Waals surface area contributed by atoms with Crippen LogP contribution in [0.3, 0.4) is 0 Å². The van der Waals surface area contributed by atoms with E-state index in [0.717, 1.165) is 18.2 Å². The zero-order chi connectivity index (χ0) is 14.5. The summed E-state index contributed by atoms with van der Waals surface area (Å²) in [7, 11) is 0. The van der Waals surface area contributed by atoms with E-state index in [1.54, 1.807) is 0 Å². The van der Waals surface area contributed by atoms with E-state index in [1.165, 1.54) is 32.4 Å². The highest BCUT2D eigenvalue weighted by atomic mass is 15.2. The van der Waals surface area contributed by atoms with Crippen LogP contribution in [0.2, 0.25) is 0 Å². The molecule has 1 atom stereocenters. The Morgan fingerprint density at radius 3 is 2.67 bits per heavy atom. The van der Waals surface area contributed by atoms with Gasteiger partial charge in [-0.3, -0.25) is 4.57 Å². The van der Waals surface area contributed by atoms with Gasteiger partial charge in [0.05, 0.1) is 0 Å². The molecule has 0 saturated carbocycles. The SMILES string of the molecule is CC(CN1CCCCC1)Nc1nccn1-c1ccccc1. The summed E-state index contributed by atoms with van der Waals surface area (Å²) >= 11 is 0. The number of hydrogen-bond acceptors (Lipinski definition) is 3. The highest BCUT2D eigenvalue weighted by Crippen LogP contribution is 2.15. The first kappa shape index (κ1) is 14.1. The third kappa shape index (κ3) is 3.64. The molecule has 4 nitrogen and oxygen atoms in total. The molecule has 0 bridgehead atoms. The van der Waals surface area contributed by atoms with Crippen molar-refractivity contribution in [3.05, 3.63) is 42.7 Å². The molecule has 1 unspecified atom stereocenters. The van der Waals surface area contributed by atoms with Crippen LogP contribution in [-0.4, -0.2) is 40.1 Å². The molecule has 1 saturated heterocycles. The zero-order valence-electron chi connectivity index (χ0n) is 12.7. The molecule has 1 fully saturated rings. The molecule has 2 heterocycles. The van der Waals surface area contributed by atoms with Crippen molar-refractivity contribution in [2.24, 2.45) is 0 Å². The van der Waals surface area contributed by atoms with E-state index in [-0.39, 0.29) is 0 Å². The van der Waals surface area contributed by atoms with E-state index in [9.17, 15) is 0 Å². The highest BCUT2D eigenvalue weighted by Gasteiger charge is 2.14. The van der Waals surface area contributed by atoms with E-state index in [4.69, 9.17) is 0 Å². The fraction of sp³-hybridized carbons (Fsp3) is 0.471. The van der Waals surface area contributed by atoms with Crippen LogP contribution in [0.1, 0.15) is 26.2 Å². The van der Waals surface area contributed by atoms with E-state index in [0.29, 0.717) is 6.04 Å². The first-order chi connectivity index (χ1) is 10.3. The van der Waals surface area contributed by atoms with Crippen LogP contribution in [-0.2, 0) is 0 Å². The van der Waals surface area contributed by atoms with Crippen molar-refractivity contribution in [1.29, 1.82) is 0 Å². The standard InChI is InChI=1S/C17H24N4/c1-15(14-20-11-6-3-7-12-20)19-17-18-10-13-21(17)16-8-4-2-5-9-16/h2,4-5,8-10,13,15H,3,6-7,11-12,14H2,1H3,(H,18,19). The lowest BCUT2D eigenvalue weighted by Gasteiger charge is -2.29. The molecule has 0 aliphatic carbocycles. The molecule has 112 valence electrons. The molecule has 0 spiro atoms.